The van der Waals surface area contributed by atoms with Gasteiger partial charge < -0.3 is 10.6 Å². The molecule has 0 bridgehead atoms. The first kappa shape index (κ1) is 18.6. The zero-order chi connectivity index (χ0) is 16.7. The first-order valence-electron chi connectivity index (χ1n) is 9.11. The van der Waals surface area contributed by atoms with E-state index in [0.29, 0.717) is 18.4 Å². The number of nitrogens with one attached hydrogen (secondary N) is 2. The molecule has 1 heterocycles. The third-order valence-corrected chi connectivity index (χ3v) is 6.14. The van der Waals surface area contributed by atoms with Crippen molar-refractivity contribution >= 4 is 18.3 Å². The third kappa shape index (κ3) is 3.68. The Bertz CT molecular complexity index is 630. The van der Waals surface area contributed by atoms with Gasteiger partial charge in [-0.3, -0.25) is 4.79 Å². The molecule has 1 aromatic rings. The van der Waals surface area contributed by atoms with Crippen LogP contribution >= 0.6 is 12.4 Å². The molecule has 2 aliphatic carbocycles. The third-order valence-electron chi connectivity index (χ3n) is 6.14. The zero-order valence-corrected chi connectivity index (χ0v) is 15.0. The Balaban J connectivity index is 0.00000182. The van der Waals surface area contributed by atoms with Crippen molar-refractivity contribution in [1.29, 1.82) is 0 Å². The molecule has 2 N–H and O–H groups in total. The average Bonchev–Trinajstić information content (AvgIpc) is 3.32. The lowest BCUT2D eigenvalue weighted by Crippen LogP contribution is -2.50. The molecule has 2 saturated carbocycles. The maximum absolute atomic E-state index is 13.6. The van der Waals surface area contributed by atoms with Gasteiger partial charge in [0.25, 0.3) is 0 Å². The fourth-order valence-corrected chi connectivity index (χ4v) is 4.81. The normalized spacial score (nSPS) is 33.8. The molecule has 3 fully saturated rings. The van der Waals surface area contributed by atoms with E-state index in [2.05, 4.69) is 10.6 Å². The molecular formula is C19H25ClF2N2O. The summed E-state index contributed by atoms with van der Waals surface area (Å²) < 4.78 is 26.8. The van der Waals surface area contributed by atoms with Gasteiger partial charge in [0.2, 0.25) is 5.91 Å². The molecule has 0 radical (unpaired) electrons. The zero-order valence-electron chi connectivity index (χ0n) is 14.1. The number of hydrogen-bond donors (Lipinski definition) is 2. The molecule has 0 spiro atoms. The summed E-state index contributed by atoms with van der Waals surface area (Å²) in [6.07, 6.45) is 5.66. The van der Waals surface area contributed by atoms with E-state index < -0.39 is 11.6 Å². The van der Waals surface area contributed by atoms with Gasteiger partial charge in [0.05, 0.1) is 0 Å². The Morgan fingerprint density at radius 2 is 1.80 bits per heavy atom. The molecule has 6 heteroatoms. The molecule has 4 rings (SSSR count). The van der Waals surface area contributed by atoms with Gasteiger partial charge in [0.15, 0.2) is 11.6 Å². The van der Waals surface area contributed by atoms with E-state index in [9.17, 15) is 13.6 Å². The SMILES string of the molecule is Cl.O=C(NC1CNCCC1c1ccc(F)c(F)c1)C1C2CCCCC21. The Morgan fingerprint density at radius 3 is 2.48 bits per heavy atom. The number of benzene rings is 1. The molecule has 0 aromatic heterocycles. The second-order valence-corrected chi connectivity index (χ2v) is 7.53. The van der Waals surface area contributed by atoms with Crippen LogP contribution in [-0.2, 0) is 4.79 Å². The summed E-state index contributed by atoms with van der Waals surface area (Å²) in [5.74, 6) is -0.104. The van der Waals surface area contributed by atoms with E-state index in [4.69, 9.17) is 0 Å². The molecule has 4 atom stereocenters. The first-order valence-corrected chi connectivity index (χ1v) is 9.11. The van der Waals surface area contributed by atoms with Gasteiger partial charge in [-0.15, -0.1) is 12.4 Å². The molecule has 1 amide bonds. The van der Waals surface area contributed by atoms with Gasteiger partial charge in [-0.2, -0.15) is 0 Å². The van der Waals surface area contributed by atoms with Crippen molar-refractivity contribution in [2.45, 2.75) is 44.1 Å². The van der Waals surface area contributed by atoms with Crippen LogP contribution in [0.4, 0.5) is 8.78 Å². The smallest absolute Gasteiger partial charge is 0.223 e. The van der Waals surface area contributed by atoms with Gasteiger partial charge in [0, 0.05) is 24.4 Å². The molecule has 4 unspecified atom stereocenters. The van der Waals surface area contributed by atoms with Crippen molar-refractivity contribution in [1.82, 2.24) is 10.6 Å². The maximum atomic E-state index is 13.6. The summed E-state index contributed by atoms with van der Waals surface area (Å²) in [7, 11) is 0. The molecular weight excluding hydrogens is 346 g/mol. The molecule has 138 valence electrons. The van der Waals surface area contributed by atoms with E-state index in [1.54, 1.807) is 6.07 Å². The lowest BCUT2D eigenvalue weighted by Gasteiger charge is -2.33. The van der Waals surface area contributed by atoms with Crippen LogP contribution in [0.3, 0.4) is 0 Å². The van der Waals surface area contributed by atoms with Crippen LogP contribution in [0.5, 0.6) is 0 Å². The van der Waals surface area contributed by atoms with Crippen molar-refractivity contribution < 1.29 is 13.6 Å². The predicted octanol–water partition coefficient (Wildman–Crippen LogP) is 3.38. The second kappa shape index (κ2) is 7.58. The Labute approximate surface area is 153 Å². The minimum Gasteiger partial charge on any atom is -0.351 e. The Hall–Kier alpha value is -1.20. The molecule has 1 saturated heterocycles. The van der Waals surface area contributed by atoms with Crippen LogP contribution in [0.15, 0.2) is 18.2 Å². The number of carbonyl (C=O) groups excluding carboxylic acids is 1. The van der Waals surface area contributed by atoms with E-state index in [1.165, 1.54) is 37.8 Å². The lowest BCUT2D eigenvalue weighted by atomic mass is 9.86. The highest BCUT2D eigenvalue weighted by molar-refractivity contribution is 5.85. The van der Waals surface area contributed by atoms with Crippen molar-refractivity contribution in [3.63, 3.8) is 0 Å². The summed E-state index contributed by atoms with van der Waals surface area (Å²) in [6.45, 7) is 1.50. The molecule has 3 nitrogen and oxygen atoms in total. The van der Waals surface area contributed by atoms with Crippen LogP contribution in [0.25, 0.3) is 0 Å². The van der Waals surface area contributed by atoms with Crippen molar-refractivity contribution in [2.24, 2.45) is 17.8 Å². The number of amides is 1. The van der Waals surface area contributed by atoms with Gasteiger partial charge in [-0.05, 0) is 55.3 Å². The summed E-state index contributed by atoms with van der Waals surface area (Å²) in [5, 5.41) is 6.51. The van der Waals surface area contributed by atoms with Crippen molar-refractivity contribution in [2.75, 3.05) is 13.1 Å². The molecule has 1 aromatic carbocycles. The van der Waals surface area contributed by atoms with E-state index in [1.807, 2.05) is 0 Å². The monoisotopic (exact) mass is 370 g/mol. The van der Waals surface area contributed by atoms with Crippen LogP contribution in [0, 0.1) is 29.4 Å². The fraction of sp³-hybridized carbons (Fsp3) is 0.632. The van der Waals surface area contributed by atoms with Crippen LogP contribution in [0.2, 0.25) is 0 Å². The second-order valence-electron chi connectivity index (χ2n) is 7.53. The molecule has 1 aliphatic heterocycles. The topological polar surface area (TPSA) is 41.1 Å². The lowest BCUT2D eigenvalue weighted by molar-refractivity contribution is -0.123. The van der Waals surface area contributed by atoms with Crippen molar-refractivity contribution in [3.05, 3.63) is 35.4 Å². The fourth-order valence-electron chi connectivity index (χ4n) is 4.81. The maximum Gasteiger partial charge on any atom is 0.223 e. The van der Waals surface area contributed by atoms with Crippen LogP contribution < -0.4 is 10.6 Å². The van der Waals surface area contributed by atoms with Crippen LogP contribution in [0.1, 0.15) is 43.6 Å². The first-order chi connectivity index (χ1) is 11.6. The minimum atomic E-state index is -0.824. The number of fused-ring (bicyclic) bond motifs is 1. The van der Waals surface area contributed by atoms with Crippen LogP contribution in [-0.4, -0.2) is 25.0 Å². The summed E-state index contributed by atoms with van der Waals surface area (Å²) in [4.78, 5) is 12.7. The number of piperidine rings is 1. The summed E-state index contributed by atoms with van der Waals surface area (Å²) in [6, 6.07) is 4.05. The Kier molecular flexibility index (Phi) is 5.64. The predicted molar refractivity (Wildman–Crippen MR) is 94.7 cm³/mol. The number of carbonyl (C=O) groups is 1. The number of hydrogen-bond acceptors (Lipinski definition) is 2. The Morgan fingerprint density at radius 1 is 1.08 bits per heavy atom. The number of halogens is 3. The van der Waals surface area contributed by atoms with E-state index >= 15 is 0 Å². The van der Waals surface area contributed by atoms with E-state index in [-0.39, 0.29) is 36.2 Å². The largest absolute Gasteiger partial charge is 0.351 e. The van der Waals surface area contributed by atoms with Gasteiger partial charge in [0.1, 0.15) is 0 Å². The van der Waals surface area contributed by atoms with Gasteiger partial charge >= 0.3 is 0 Å². The quantitative estimate of drug-likeness (QED) is 0.856. The standard InChI is InChI=1S/C19H24F2N2O.ClH/c20-15-6-5-11(9-16(15)21)12-7-8-22-10-17(12)23-19(24)18-13-3-1-2-4-14(13)18;/h5-6,9,12-14,17-18,22H,1-4,7-8,10H2,(H,23,24);1H. The minimum absolute atomic E-state index is 0. The average molecular weight is 371 g/mol. The number of rotatable bonds is 3. The highest BCUT2D eigenvalue weighted by Gasteiger charge is 2.55. The highest BCUT2D eigenvalue weighted by atomic mass is 35.5. The molecule has 25 heavy (non-hydrogen) atoms. The molecule has 3 aliphatic rings. The summed E-state index contributed by atoms with van der Waals surface area (Å²) in [5.41, 5.74) is 0.772. The van der Waals surface area contributed by atoms with Crippen molar-refractivity contribution in [3.8, 4) is 0 Å². The summed E-state index contributed by atoms with van der Waals surface area (Å²) >= 11 is 0. The van der Waals surface area contributed by atoms with Gasteiger partial charge in [-0.25, -0.2) is 8.78 Å². The van der Waals surface area contributed by atoms with Gasteiger partial charge in [-0.1, -0.05) is 18.9 Å². The highest BCUT2D eigenvalue weighted by Crippen LogP contribution is 2.55. The van der Waals surface area contributed by atoms with E-state index in [0.717, 1.165) is 18.5 Å².